The first kappa shape index (κ1) is 34.2. The number of anilines is 1. The molecule has 0 fully saturated rings. The van der Waals surface area contributed by atoms with E-state index in [0.717, 1.165) is 31.0 Å². The van der Waals surface area contributed by atoms with Gasteiger partial charge in [0.25, 0.3) is 0 Å². The molecule has 0 spiro atoms. The van der Waals surface area contributed by atoms with Crippen LogP contribution < -0.4 is 10.1 Å². The van der Waals surface area contributed by atoms with E-state index in [2.05, 4.69) is 29.5 Å². The Kier molecular flexibility index (Phi) is 17.1. The van der Waals surface area contributed by atoms with Crippen molar-refractivity contribution in [3.8, 4) is 5.75 Å². The van der Waals surface area contributed by atoms with Crippen LogP contribution in [0.5, 0.6) is 5.75 Å². The fourth-order valence-electron chi connectivity index (χ4n) is 4.80. The molecule has 0 aliphatic carbocycles. The molecule has 7 heteroatoms. The minimum absolute atomic E-state index is 0. The Morgan fingerprint density at radius 1 is 0.900 bits per heavy atom. The van der Waals surface area contributed by atoms with E-state index in [1.54, 1.807) is 23.9 Å². The number of ether oxygens (including phenoxy) is 1. The highest BCUT2D eigenvalue weighted by Gasteiger charge is 2.12. The van der Waals surface area contributed by atoms with E-state index in [1.165, 1.54) is 81.5 Å². The van der Waals surface area contributed by atoms with Crippen LogP contribution in [0, 0.1) is 5.82 Å². The smallest absolute Gasteiger partial charge is 0.228 e. The number of benzene rings is 2. The maximum atomic E-state index is 14.5. The van der Waals surface area contributed by atoms with Gasteiger partial charge in [-0.25, -0.2) is 4.39 Å². The Bertz CT molecular complexity index is 1030. The van der Waals surface area contributed by atoms with Crippen molar-refractivity contribution in [3.05, 3.63) is 70.5 Å². The minimum Gasteiger partial charge on any atom is -0.491 e. The van der Waals surface area contributed by atoms with Gasteiger partial charge in [0, 0.05) is 17.9 Å². The molecule has 1 N–H and O–H groups in total. The molecule has 1 aliphatic heterocycles. The van der Waals surface area contributed by atoms with Gasteiger partial charge in [-0.2, -0.15) is 0 Å². The van der Waals surface area contributed by atoms with E-state index < -0.39 is 5.82 Å². The highest BCUT2D eigenvalue weighted by Crippen LogP contribution is 2.25. The van der Waals surface area contributed by atoms with E-state index >= 15 is 0 Å². The Labute approximate surface area is 256 Å². The zero-order valence-electron chi connectivity index (χ0n) is 24.4. The third-order valence-electron chi connectivity index (χ3n) is 7.21. The van der Waals surface area contributed by atoms with Crippen LogP contribution in [0.25, 0.3) is 0 Å². The maximum absolute atomic E-state index is 14.5. The van der Waals surface area contributed by atoms with E-state index in [-0.39, 0.29) is 35.1 Å². The summed E-state index contributed by atoms with van der Waals surface area (Å²) in [5.41, 5.74) is 3.86. The Morgan fingerprint density at radius 2 is 1.50 bits per heavy atom. The third-order valence-corrected chi connectivity index (χ3v) is 8.18. The molecule has 0 saturated carbocycles. The van der Waals surface area contributed by atoms with Crippen molar-refractivity contribution in [3.63, 3.8) is 0 Å². The summed E-state index contributed by atoms with van der Waals surface area (Å²) < 4.78 is 20.2. The molecular weight excluding hydrogens is 587 g/mol. The van der Waals surface area contributed by atoms with Crippen molar-refractivity contribution in [1.29, 1.82) is 0 Å². The molecule has 0 unspecified atom stereocenters. The number of carbonyl (C=O) groups excluding carboxylic acids is 1. The van der Waals surface area contributed by atoms with Gasteiger partial charge in [0.2, 0.25) is 5.91 Å². The fraction of sp³-hybridized carbons (Fsp3) is 0.545. The molecule has 1 amide bonds. The van der Waals surface area contributed by atoms with Gasteiger partial charge in [-0.3, -0.25) is 4.79 Å². The molecule has 2 aromatic rings. The number of unbranched alkanes of at least 4 members (excludes halogenated alkanes) is 11. The van der Waals surface area contributed by atoms with Crippen LogP contribution in [0.3, 0.4) is 0 Å². The van der Waals surface area contributed by atoms with Crippen molar-refractivity contribution < 1.29 is 13.9 Å². The summed E-state index contributed by atoms with van der Waals surface area (Å²) in [4.78, 5) is 14.8. The van der Waals surface area contributed by atoms with Crippen molar-refractivity contribution in [1.82, 2.24) is 4.90 Å². The van der Waals surface area contributed by atoms with Crippen LogP contribution in [0.2, 0.25) is 0 Å². The molecule has 2 aromatic carbocycles. The van der Waals surface area contributed by atoms with Gasteiger partial charge < -0.3 is 15.0 Å². The number of hydrogen-bond donors (Lipinski definition) is 1. The number of nitrogens with zero attached hydrogens (tertiary/aromatic N) is 1. The topological polar surface area (TPSA) is 41.6 Å². The summed E-state index contributed by atoms with van der Waals surface area (Å²) in [6.45, 7) is 5.76. The van der Waals surface area contributed by atoms with Crippen molar-refractivity contribution in [2.75, 3.05) is 17.8 Å². The van der Waals surface area contributed by atoms with Gasteiger partial charge in [0.15, 0.2) is 11.6 Å². The lowest BCUT2D eigenvalue weighted by molar-refractivity contribution is -0.115. The molecule has 1 heterocycles. The zero-order chi connectivity index (χ0) is 27.7. The molecular formula is C33H48BrFN2O2S. The average molecular weight is 636 g/mol. The first-order valence-electron chi connectivity index (χ1n) is 14.9. The Morgan fingerprint density at radius 3 is 2.08 bits per heavy atom. The number of rotatable bonds is 19. The van der Waals surface area contributed by atoms with Crippen molar-refractivity contribution in [2.45, 2.75) is 104 Å². The molecule has 0 saturated heterocycles. The number of halogens is 2. The van der Waals surface area contributed by atoms with Crippen LogP contribution in [-0.4, -0.2) is 23.3 Å². The third kappa shape index (κ3) is 13.1. The highest BCUT2D eigenvalue weighted by molar-refractivity contribution is 8.93. The van der Waals surface area contributed by atoms with E-state index in [9.17, 15) is 9.18 Å². The fourth-order valence-corrected chi connectivity index (χ4v) is 5.74. The second-order valence-electron chi connectivity index (χ2n) is 10.7. The highest BCUT2D eigenvalue weighted by atomic mass is 79.9. The molecule has 3 rings (SSSR count). The average Bonchev–Trinajstić information content (AvgIpc) is 3.33. The Balaban J connectivity index is 0.00000560. The first-order valence-corrected chi connectivity index (χ1v) is 15.9. The summed E-state index contributed by atoms with van der Waals surface area (Å²) in [6, 6.07) is 12.7. The van der Waals surface area contributed by atoms with Crippen LogP contribution in [0.4, 0.5) is 10.1 Å². The zero-order valence-corrected chi connectivity index (χ0v) is 26.9. The SMILES string of the molecule is Br.CCCCCCCCCCCCCCOc1ccc(CC(=O)Nc2ccc(CN3CSC=C3C)cc2)cc1F. The van der Waals surface area contributed by atoms with Gasteiger partial charge in [0.1, 0.15) is 0 Å². The van der Waals surface area contributed by atoms with Crippen molar-refractivity contribution in [2.24, 2.45) is 0 Å². The van der Waals surface area contributed by atoms with Gasteiger partial charge in [0.05, 0.1) is 18.9 Å². The molecule has 222 valence electrons. The largest absolute Gasteiger partial charge is 0.491 e. The maximum Gasteiger partial charge on any atom is 0.228 e. The standard InChI is InChI=1S/C33H47FN2O2S.BrH/c1-3-4-5-6-7-8-9-10-11-12-13-14-21-38-32-20-17-29(22-31(32)34)23-33(37)35-30-18-15-28(16-19-30)24-36-26-39-25-27(36)2;/h15-20,22,25H,3-14,21,23-24,26H2,1-2H3,(H,35,37);1H. The first-order chi connectivity index (χ1) is 19.0. The molecule has 40 heavy (non-hydrogen) atoms. The normalized spacial score (nSPS) is 12.7. The lowest BCUT2D eigenvalue weighted by Gasteiger charge is -2.19. The van der Waals surface area contributed by atoms with Gasteiger partial charge >= 0.3 is 0 Å². The number of nitrogens with one attached hydrogen (secondary N) is 1. The van der Waals surface area contributed by atoms with E-state index in [1.807, 2.05) is 24.3 Å². The van der Waals surface area contributed by atoms with Crippen LogP contribution in [0.15, 0.2) is 53.6 Å². The molecule has 0 bridgehead atoms. The van der Waals surface area contributed by atoms with Crippen LogP contribution in [0.1, 0.15) is 102 Å². The number of carbonyl (C=O) groups is 1. The Hall–Kier alpha value is -1.99. The minimum atomic E-state index is -0.409. The lowest BCUT2D eigenvalue weighted by atomic mass is 10.1. The second-order valence-corrected chi connectivity index (χ2v) is 11.5. The van der Waals surface area contributed by atoms with Gasteiger partial charge in [-0.1, -0.05) is 95.8 Å². The molecule has 1 aliphatic rings. The lowest BCUT2D eigenvalue weighted by Crippen LogP contribution is -2.17. The van der Waals surface area contributed by atoms with E-state index in [4.69, 9.17) is 4.74 Å². The van der Waals surface area contributed by atoms with E-state index in [0.29, 0.717) is 12.2 Å². The molecule has 0 radical (unpaired) electrons. The van der Waals surface area contributed by atoms with Crippen LogP contribution >= 0.6 is 28.7 Å². The summed E-state index contributed by atoms with van der Waals surface area (Å²) in [7, 11) is 0. The van der Waals surface area contributed by atoms with Crippen molar-refractivity contribution >= 4 is 40.3 Å². The number of thioether (sulfide) groups is 1. The predicted octanol–water partition coefficient (Wildman–Crippen LogP) is 10.0. The number of amides is 1. The van der Waals surface area contributed by atoms with Gasteiger partial charge in [-0.05, 0) is 54.1 Å². The second kappa shape index (κ2) is 20.0. The number of allylic oxidation sites excluding steroid dienone is 1. The summed E-state index contributed by atoms with van der Waals surface area (Å²) in [6.07, 6.45) is 15.5. The van der Waals surface area contributed by atoms with Crippen LogP contribution in [-0.2, 0) is 17.8 Å². The summed E-state index contributed by atoms with van der Waals surface area (Å²) in [5.74, 6) is 0.666. The predicted molar refractivity (Wildman–Crippen MR) is 174 cm³/mol. The quantitative estimate of drug-likeness (QED) is 0.156. The number of hydrogen-bond acceptors (Lipinski definition) is 4. The molecule has 4 nitrogen and oxygen atoms in total. The molecule has 0 atom stereocenters. The summed E-state index contributed by atoms with van der Waals surface area (Å²) >= 11 is 1.81. The monoisotopic (exact) mass is 634 g/mol. The molecule has 0 aromatic heterocycles. The van der Waals surface area contributed by atoms with Gasteiger partial charge in [-0.15, -0.1) is 28.7 Å². The summed E-state index contributed by atoms with van der Waals surface area (Å²) in [5, 5.41) is 5.09.